The SMILES string of the molecule is CCOc1cc(COc2c(Br)cc(/C=C3/SC(=Nc4ccc(Cl)cc4)N(c4ccc(Cl)cc4)C3=O)cc2Br)ccc1OCc1ccccc1. The highest BCUT2D eigenvalue weighted by atomic mass is 79.9. The van der Waals surface area contributed by atoms with Crippen LogP contribution in [-0.4, -0.2) is 17.7 Å². The number of carbonyl (C=O) groups excluding carboxylic acids is 1. The summed E-state index contributed by atoms with van der Waals surface area (Å²) in [6.07, 6.45) is 1.84. The van der Waals surface area contributed by atoms with E-state index in [1.54, 1.807) is 53.4 Å². The molecule has 6 nitrogen and oxygen atoms in total. The van der Waals surface area contributed by atoms with Gasteiger partial charge in [0.2, 0.25) is 0 Å². The number of carbonyl (C=O) groups is 1. The van der Waals surface area contributed by atoms with Gasteiger partial charge in [0.1, 0.15) is 19.0 Å². The lowest BCUT2D eigenvalue weighted by atomic mass is 10.2. The monoisotopic (exact) mass is 836 g/mol. The lowest BCUT2D eigenvalue weighted by Gasteiger charge is -2.16. The summed E-state index contributed by atoms with van der Waals surface area (Å²) in [7, 11) is 0. The van der Waals surface area contributed by atoms with Crippen molar-refractivity contribution in [1.29, 1.82) is 0 Å². The minimum absolute atomic E-state index is 0.200. The maximum atomic E-state index is 13.8. The Morgan fingerprint density at radius 1 is 0.755 bits per heavy atom. The van der Waals surface area contributed by atoms with E-state index in [9.17, 15) is 4.79 Å². The topological polar surface area (TPSA) is 60.4 Å². The summed E-state index contributed by atoms with van der Waals surface area (Å²) in [5, 5.41) is 1.70. The summed E-state index contributed by atoms with van der Waals surface area (Å²) in [5.41, 5.74) is 4.13. The van der Waals surface area contributed by atoms with Crippen LogP contribution in [0.3, 0.4) is 0 Å². The molecule has 1 aliphatic rings. The van der Waals surface area contributed by atoms with E-state index in [1.807, 2.05) is 73.7 Å². The van der Waals surface area contributed by atoms with Gasteiger partial charge in [0.05, 0.1) is 31.8 Å². The summed E-state index contributed by atoms with van der Waals surface area (Å²) in [6.45, 7) is 3.19. The smallest absolute Gasteiger partial charge is 0.271 e. The third kappa shape index (κ3) is 8.90. The molecule has 5 aromatic carbocycles. The molecule has 0 saturated carbocycles. The fourth-order valence-electron chi connectivity index (χ4n) is 4.87. The zero-order valence-electron chi connectivity index (χ0n) is 26.0. The average molecular weight is 839 g/mol. The number of amides is 1. The van der Waals surface area contributed by atoms with E-state index < -0.39 is 0 Å². The third-order valence-electron chi connectivity index (χ3n) is 7.19. The van der Waals surface area contributed by atoms with Crippen LogP contribution >= 0.6 is 66.8 Å². The molecule has 1 aliphatic heterocycles. The molecule has 248 valence electrons. The van der Waals surface area contributed by atoms with E-state index >= 15 is 0 Å². The van der Waals surface area contributed by atoms with Crippen molar-refractivity contribution in [3.63, 3.8) is 0 Å². The Balaban J connectivity index is 1.20. The fourth-order valence-corrected chi connectivity index (χ4v) is 7.57. The van der Waals surface area contributed by atoms with Crippen molar-refractivity contribution in [2.24, 2.45) is 4.99 Å². The zero-order valence-corrected chi connectivity index (χ0v) is 31.5. The van der Waals surface area contributed by atoms with Crippen molar-refractivity contribution in [2.75, 3.05) is 11.5 Å². The number of hydrogen-bond acceptors (Lipinski definition) is 6. The lowest BCUT2D eigenvalue weighted by Crippen LogP contribution is -2.28. The van der Waals surface area contributed by atoms with Gasteiger partial charge in [-0.25, -0.2) is 4.99 Å². The van der Waals surface area contributed by atoms with Crippen LogP contribution in [0.15, 0.2) is 128 Å². The molecule has 0 N–H and O–H groups in total. The van der Waals surface area contributed by atoms with Crippen molar-refractivity contribution < 1.29 is 19.0 Å². The summed E-state index contributed by atoms with van der Waals surface area (Å²) in [4.78, 5) is 20.6. The molecule has 0 radical (unpaired) electrons. The van der Waals surface area contributed by atoms with Crippen LogP contribution in [0.2, 0.25) is 10.0 Å². The van der Waals surface area contributed by atoms with Crippen molar-refractivity contribution in [1.82, 2.24) is 0 Å². The molecule has 1 amide bonds. The van der Waals surface area contributed by atoms with Crippen LogP contribution in [-0.2, 0) is 18.0 Å². The van der Waals surface area contributed by atoms with Crippen LogP contribution in [0.25, 0.3) is 6.08 Å². The van der Waals surface area contributed by atoms with Gasteiger partial charge in [-0.3, -0.25) is 9.69 Å². The standard InChI is InChI=1S/C38H28Br2Cl2N2O4S/c1-2-46-34-20-25(8-17-33(34)47-22-24-6-4-3-5-7-24)23-48-36-31(39)18-26(19-32(36)40)21-35-37(45)44(30-15-11-28(42)12-16-30)38(49-35)43-29-13-9-27(41)10-14-29/h3-21H,2,22-23H2,1H3/b35-21+,43-38?. The first-order valence-corrected chi connectivity index (χ1v) is 18.3. The summed E-state index contributed by atoms with van der Waals surface area (Å²) in [6, 6.07) is 33.8. The highest BCUT2D eigenvalue weighted by Gasteiger charge is 2.35. The van der Waals surface area contributed by atoms with Crippen molar-refractivity contribution in [3.8, 4) is 17.2 Å². The Kier molecular flexibility index (Phi) is 11.7. The molecule has 0 atom stereocenters. The molecule has 5 aromatic rings. The highest BCUT2D eigenvalue weighted by Crippen LogP contribution is 2.41. The number of nitrogens with zero attached hydrogens (tertiary/aromatic N) is 2. The molecule has 0 bridgehead atoms. The lowest BCUT2D eigenvalue weighted by molar-refractivity contribution is -0.113. The Morgan fingerprint density at radius 3 is 2.08 bits per heavy atom. The van der Waals surface area contributed by atoms with Gasteiger partial charge in [-0.15, -0.1) is 0 Å². The second-order valence-corrected chi connectivity index (χ2v) is 14.3. The number of aliphatic imine (C=N–C) groups is 1. The summed E-state index contributed by atoms with van der Waals surface area (Å²) in [5.74, 6) is 1.76. The van der Waals surface area contributed by atoms with Gasteiger partial charge >= 0.3 is 0 Å². The number of benzene rings is 5. The van der Waals surface area contributed by atoms with Gasteiger partial charge in [0.15, 0.2) is 16.7 Å². The van der Waals surface area contributed by atoms with Crippen LogP contribution in [0.5, 0.6) is 17.2 Å². The largest absolute Gasteiger partial charge is 0.490 e. The molecule has 0 unspecified atom stereocenters. The Hall–Kier alpha value is -3.73. The van der Waals surface area contributed by atoms with Gasteiger partial charge in [-0.05, 0) is 146 Å². The summed E-state index contributed by atoms with van der Waals surface area (Å²) < 4.78 is 19.6. The second kappa shape index (κ2) is 16.3. The van der Waals surface area contributed by atoms with Crippen molar-refractivity contribution in [2.45, 2.75) is 20.1 Å². The van der Waals surface area contributed by atoms with E-state index in [4.69, 9.17) is 42.4 Å². The number of ether oxygens (including phenoxy) is 3. The van der Waals surface area contributed by atoms with Gasteiger partial charge in [-0.2, -0.15) is 0 Å². The van der Waals surface area contributed by atoms with Gasteiger partial charge < -0.3 is 14.2 Å². The number of anilines is 1. The predicted molar refractivity (Wildman–Crippen MR) is 208 cm³/mol. The number of halogens is 4. The van der Waals surface area contributed by atoms with E-state index in [0.29, 0.717) is 68.6 Å². The Labute approximate surface area is 316 Å². The number of hydrogen-bond donors (Lipinski definition) is 0. The molecule has 49 heavy (non-hydrogen) atoms. The molecule has 1 fully saturated rings. The number of amidine groups is 1. The maximum absolute atomic E-state index is 13.8. The molecular weight excluding hydrogens is 811 g/mol. The van der Waals surface area contributed by atoms with Crippen molar-refractivity contribution in [3.05, 3.63) is 150 Å². The van der Waals surface area contributed by atoms with Gasteiger partial charge in [0, 0.05) is 10.0 Å². The number of rotatable bonds is 11. The van der Waals surface area contributed by atoms with Crippen molar-refractivity contribution >= 4 is 95.3 Å². The molecule has 0 aromatic heterocycles. The van der Waals surface area contributed by atoms with Crippen LogP contribution in [0.1, 0.15) is 23.6 Å². The number of thioether (sulfide) groups is 1. The minimum atomic E-state index is -0.200. The molecule has 0 spiro atoms. The third-order valence-corrected chi connectivity index (χ3v) is 9.84. The fraction of sp³-hybridized carbons (Fsp3) is 0.105. The molecule has 1 saturated heterocycles. The summed E-state index contributed by atoms with van der Waals surface area (Å²) >= 11 is 20.8. The van der Waals surface area contributed by atoms with Crippen LogP contribution in [0, 0.1) is 0 Å². The van der Waals surface area contributed by atoms with Crippen LogP contribution in [0.4, 0.5) is 11.4 Å². The van der Waals surface area contributed by atoms with Gasteiger partial charge in [0.25, 0.3) is 5.91 Å². The van der Waals surface area contributed by atoms with E-state index in [1.165, 1.54) is 11.8 Å². The first-order chi connectivity index (χ1) is 23.8. The molecule has 0 aliphatic carbocycles. The first kappa shape index (κ1) is 35.1. The average Bonchev–Trinajstić information content (AvgIpc) is 3.39. The second-order valence-electron chi connectivity index (χ2n) is 10.7. The van der Waals surface area contributed by atoms with E-state index in [2.05, 4.69) is 31.9 Å². The highest BCUT2D eigenvalue weighted by molar-refractivity contribution is 9.11. The first-order valence-electron chi connectivity index (χ1n) is 15.2. The Morgan fingerprint density at radius 2 is 1.41 bits per heavy atom. The zero-order chi connectivity index (χ0) is 34.3. The van der Waals surface area contributed by atoms with Crippen LogP contribution < -0.4 is 19.1 Å². The maximum Gasteiger partial charge on any atom is 0.271 e. The van der Waals surface area contributed by atoms with Gasteiger partial charge in [-0.1, -0.05) is 59.6 Å². The van der Waals surface area contributed by atoms with E-state index in [-0.39, 0.29) is 5.91 Å². The molecule has 1 heterocycles. The Bertz CT molecular complexity index is 2000. The molecule has 6 rings (SSSR count). The molecule has 11 heteroatoms. The predicted octanol–water partition coefficient (Wildman–Crippen LogP) is 11.9. The quantitative estimate of drug-likeness (QED) is 0.124. The molecular formula is C38H28Br2Cl2N2O4S. The van der Waals surface area contributed by atoms with E-state index in [0.717, 1.165) is 25.6 Å². The minimum Gasteiger partial charge on any atom is -0.490 e. The normalized spacial score (nSPS) is 14.5.